The highest BCUT2D eigenvalue weighted by Crippen LogP contribution is 2.35. The Morgan fingerprint density at radius 1 is 0.633 bits per heavy atom. The molecule has 0 amide bonds. The predicted octanol–water partition coefficient (Wildman–Crippen LogP) is 10.4. The van der Waals surface area contributed by atoms with Gasteiger partial charge in [-0.25, -0.2) is 9.98 Å². The van der Waals surface area contributed by atoms with E-state index in [4.69, 9.17) is 23.2 Å². The highest BCUT2D eigenvalue weighted by molar-refractivity contribution is 6.13. The number of nitrogens with zero attached hydrogens (tertiary/aromatic N) is 4. The van der Waals surface area contributed by atoms with E-state index in [0.717, 1.165) is 15.7 Å². The fourth-order valence-electron chi connectivity index (χ4n) is 5.12. The van der Waals surface area contributed by atoms with Crippen LogP contribution in [0, 0.1) is 5.41 Å². The summed E-state index contributed by atoms with van der Waals surface area (Å²) >= 11 is 0. The minimum atomic E-state index is -0.856. The van der Waals surface area contributed by atoms with Crippen molar-refractivity contribution in [1.82, 2.24) is 9.55 Å². The van der Waals surface area contributed by atoms with Gasteiger partial charge in [0.2, 0.25) is 0 Å². The zero-order valence-corrected chi connectivity index (χ0v) is 25.4. The smallest absolute Gasteiger partial charge is 0.161 e. The maximum Gasteiger partial charge on any atom is 0.161 e. The third-order valence-corrected chi connectivity index (χ3v) is 7.47. The Morgan fingerprint density at radius 3 is 2.14 bits per heavy atom. The third-order valence-electron chi connectivity index (χ3n) is 7.47. The summed E-state index contributed by atoms with van der Waals surface area (Å²) in [5, 5.41) is 8.15. The minimum Gasteiger partial charge on any atom is -0.309 e. The number of rotatable bonds is 6. The lowest BCUT2D eigenvalue weighted by atomic mass is 10.0. The van der Waals surface area contributed by atoms with Gasteiger partial charge in [-0.3, -0.25) is 10.4 Å². The van der Waals surface area contributed by atoms with Crippen LogP contribution in [-0.2, 0) is 0 Å². The van der Waals surface area contributed by atoms with Crippen molar-refractivity contribution in [3.8, 4) is 27.9 Å². The van der Waals surface area contributed by atoms with Crippen LogP contribution in [0.5, 0.6) is 0 Å². The Morgan fingerprint density at radius 2 is 1.37 bits per heavy atom. The molecule has 5 heteroatoms. The van der Waals surface area contributed by atoms with Crippen molar-refractivity contribution in [3.05, 3.63) is 192 Å². The lowest BCUT2D eigenvalue weighted by Crippen LogP contribution is -2.04. The van der Waals surface area contributed by atoms with Gasteiger partial charge in [0, 0.05) is 46.2 Å². The summed E-state index contributed by atoms with van der Waals surface area (Å²) in [5.41, 5.74) is -0.424. The van der Waals surface area contributed by atoms with Crippen LogP contribution in [0.1, 0.15) is 38.6 Å². The molecule has 1 N–H and O–H groups in total. The number of hydrogen-bond acceptors (Lipinski definition) is 2. The molecule has 0 bridgehead atoms. The molecule has 49 heavy (non-hydrogen) atoms. The quantitative estimate of drug-likeness (QED) is 0.142. The van der Waals surface area contributed by atoms with Crippen molar-refractivity contribution in [2.45, 2.75) is 0 Å². The second-order valence-corrected chi connectivity index (χ2v) is 10.5. The Labute approximate surface area is 307 Å². The molecule has 232 valence electrons. The van der Waals surface area contributed by atoms with Crippen molar-refractivity contribution in [3.63, 3.8) is 0 Å². The molecule has 0 aliphatic heterocycles. The van der Waals surface area contributed by atoms with Crippen LogP contribution in [-0.4, -0.2) is 27.4 Å². The maximum absolute atomic E-state index is 9.48. The normalized spacial score (nSPS) is 16.4. The second-order valence-electron chi connectivity index (χ2n) is 10.5. The van der Waals surface area contributed by atoms with Gasteiger partial charge in [-0.1, -0.05) is 127 Å². The van der Waals surface area contributed by atoms with E-state index in [0.29, 0.717) is 11.1 Å². The van der Waals surface area contributed by atoms with Gasteiger partial charge in [0.1, 0.15) is 0 Å². The number of fused-ring (bicyclic) bond motifs is 3. The van der Waals surface area contributed by atoms with E-state index in [-0.39, 0.29) is 5.84 Å². The van der Waals surface area contributed by atoms with Gasteiger partial charge in [0.05, 0.1) is 33.0 Å². The SMILES string of the molecule is [2H]c1c([2H])c([2H])c(-n2c3c([2H])c([2H])c([2H])c([2H])c3c3c([2H])c(-c4c([2H])c([2H])c(C(=N)N=C(N=Cc5ccc(-c6cccnc6)cc5)c5ccccc5)c([2H])c4[2H])c([2H])c([2H])c32)c([2H])c1[2H]. The Bertz CT molecular complexity index is 3330. The molecule has 0 radical (unpaired) electrons. The topological polar surface area (TPSA) is 66.4 Å². The van der Waals surface area contributed by atoms with Crippen molar-refractivity contribution >= 4 is 39.7 Å². The molecule has 0 unspecified atom stereocenters. The van der Waals surface area contributed by atoms with Gasteiger partial charge in [0.25, 0.3) is 0 Å². The monoisotopic (exact) mass is 645 g/mol. The molecule has 6 aromatic carbocycles. The highest BCUT2D eigenvalue weighted by Gasteiger charge is 2.13. The van der Waals surface area contributed by atoms with Crippen molar-refractivity contribution in [1.29, 1.82) is 5.41 Å². The maximum atomic E-state index is 9.48. The number of aliphatic imine (C=N–C) groups is 2. The van der Waals surface area contributed by atoms with E-state index in [1.54, 1.807) is 42.7 Å². The van der Waals surface area contributed by atoms with Crippen LogP contribution in [0.4, 0.5) is 0 Å². The first-order chi connectivity index (χ1) is 30.9. The van der Waals surface area contributed by atoms with Crippen molar-refractivity contribution < 1.29 is 21.9 Å². The Hall–Kier alpha value is -6.72. The number of amidine groups is 2. The lowest BCUT2D eigenvalue weighted by molar-refractivity contribution is 1.18. The number of pyridine rings is 1. The predicted molar refractivity (Wildman–Crippen MR) is 203 cm³/mol. The highest BCUT2D eigenvalue weighted by atomic mass is 15.0. The van der Waals surface area contributed by atoms with E-state index >= 15 is 0 Å². The zero-order chi connectivity index (χ0) is 46.9. The average molecular weight is 646 g/mol. The molecule has 0 aliphatic carbocycles. The molecule has 2 aromatic heterocycles. The van der Waals surface area contributed by atoms with Gasteiger partial charge in [0.15, 0.2) is 11.7 Å². The summed E-state index contributed by atoms with van der Waals surface area (Å²) in [7, 11) is 0. The molecular formula is C44H31N5. The summed E-state index contributed by atoms with van der Waals surface area (Å²) < 4.78 is 142. The summed E-state index contributed by atoms with van der Waals surface area (Å²) in [6.07, 6.45) is 4.92. The fraction of sp³-hybridized carbons (Fsp3) is 0. The summed E-state index contributed by atoms with van der Waals surface area (Å²) in [6.45, 7) is 0. The number of nitrogens with one attached hydrogen (secondary N) is 1. The van der Waals surface area contributed by atoms with E-state index < -0.39 is 147 Å². The standard InChI is InChI=1S/C44H31N5/c45-43(48-44(35-10-3-1-4-11-35)47-29-31-17-19-33(20-18-31)37-12-9-27-46-30-37)34-23-21-32(22-24-34)36-25-26-42-40(28-36)39-15-7-8-16-41(39)49(42)38-13-5-2-6-14-38/h1-30,45H/i2D,5D,6D,7D,8D,13D,14D,15D,16D,21D,22D,23D,24D,25D,26D,28D. The van der Waals surface area contributed by atoms with Gasteiger partial charge in [-0.15, -0.1) is 0 Å². The molecule has 0 atom stereocenters. The molecule has 0 saturated carbocycles. The molecule has 0 saturated heterocycles. The van der Waals surface area contributed by atoms with Crippen LogP contribution >= 0.6 is 0 Å². The van der Waals surface area contributed by atoms with Gasteiger partial charge < -0.3 is 4.57 Å². The van der Waals surface area contributed by atoms with Gasteiger partial charge in [-0.05, 0) is 64.1 Å². The molecule has 0 fully saturated rings. The fourth-order valence-corrected chi connectivity index (χ4v) is 5.12. The van der Waals surface area contributed by atoms with Crippen LogP contribution < -0.4 is 0 Å². The first-order valence-electron chi connectivity index (χ1n) is 22.9. The number of hydrogen-bond donors (Lipinski definition) is 1. The van der Waals surface area contributed by atoms with Crippen LogP contribution in [0.2, 0.25) is 0 Å². The second kappa shape index (κ2) is 13.2. The van der Waals surface area contributed by atoms with Crippen LogP contribution in [0.3, 0.4) is 0 Å². The zero-order valence-electron chi connectivity index (χ0n) is 41.4. The molecule has 8 rings (SSSR count). The first kappa shape index (κ1) is 16.9. The van der Waals surface area contributed by atoms with E-state index in [2.05, 4.69) is 15.0 Å². The molecule has 8 aromatic rings. The number of aromatic nitrogens is 2. The van der Waals surface area contributed by atoms with E-state index in [9.17, 15) is 4.11 Å². The lowest BCUT2D eigenvalue weighted by Gasteiger charge is -2.08. The molecule has 0 aliphatic rings. The van der Waals surface area contributed by atoms with Crippen LogP contribution in [0.25, 0.3) is 49.7 Å². The number of benzene rings is 6. The minimum absolute atomic E-state index is 0.000808. The van der Waals surface area contributed by atoms with E-state index in [1.807, 2.05) is 36.4 Å². The summed E-state index contributed by atoms with van der Waals surface area (Å²) in [5.74, 6) is -0.706. The first-order valence-corrected chi connectivity index (χ1v) is 14.9. The Kier molecular flexibility index (Phi) is 4.55. The summed E-state index contributed by atoms with van der Waals surface area (Å²) in [4.78, 5) is 13.1. The van der Waals surface area contributed by atoms with Gasteiger partial charge >= 0.3 is 0 Å². The van der Waals surface area contributed by atoms with Gasteiger partial charge in [-0.2, -0.15) is 0 Å². The molecule has 0 spiro atoms. The molecular weight excluding hydrogens is 599 g/mol. The van der Waals surface area contributed by atoms with E-state index in [1.165, 1.54) is 6.21 Å². The Balaban J connectivity index is 1.32. The molecule has 5 nitrogen and oxygen atoms in total. The molecule has 2 heterocycles. The largest absolute Gasteiger partial charge is 0.309 e. The number of para-hydroxylation sites is 2. The van der Waals surface area contributed by atoms with Crippen molar-refractivity contribution in [2.24, 2.45) is 9.98 Å². The summed E-state index contributed by atoms with van der Waals surface area (Å²) in [6, 6.07) is 7.08. The third kappa shape index (κ3) is 6.09. The average Bonchev–Trinajstić information content (AvgIpc) is 3.67. The van der Waals surface area contributed by atoms with Crippen molar-refractivity contribution in [2.75, 3.05) is 0 Å². The van der Waals surface area contributed by atoms with Crippen LogP contribution in [0.15, 0.2) is 186 Å².